The van der Waals surface area contributed by atoms with Gasteiger partial charge in [0.2, 0.25) is 0 Å². The molecule has 6 nitrogen and oxygen atoms in total. The number of ether oxygens (including phenoxy) is 2. The molecule has 5 aromatic rings. The van der Waals surface area contributed by atoms with Gasteiger partial charge in [0.15, 0.2) is 5.11 Å². The highest BCUT2D eigenvalue weighted by atomic mass is 79.9. The number of benzene rings is 3. The maximum Gasteiger partial charge on any atom is 0.174 e. The number of aryl methyl sites for hydroxylation is 1. The first-order valence-electron chi connectivity index (χ1n) is 13.3. The molecule has 0 saturated carbocycles. The lowest BCUT2D eigenvalue weighted by atomic mass is 9.96. The second-order valence-electron chi connectivity index (χ2n) is 9.88. The monoisotopic (exact) mass is 624 g/mol. The number of hydrogen-bond acceptors (Lipinski definition) is 4. The van der Waals surface area contributed by atoms with Crippen LogP contribution in [0.3, 0.4) is 0 Å². The van der Waals surface area contributed by atoms with Crippen LogP contribution in [0.2, 0.25) is 0 Å². The normalized spacial score (nSPS) is 16.5. The summed E-state index contributed by atoms with van der Waals surface area (Å²) in [6, 6.07) is 31.9. The quantitative estimate of drug-likeness (QED) is 0.184. The van der Waals surface area contributed by atoms with Gasteiger partial charge in [0, 0.05) is 27.7 Å². The number of nitrogens with zero attached hydrogens (tertiary/aromatic N) is 3. The lowest BCUT2D eigenvalue weighted by Crippen LogP contribution is -2.29. The van der Waals surface area contributed by atoms with E-state index in [9.17, 15) is 0 Å². The van der Waals surface area contributed by atoms with E-state index in [0.29, 0.717) is 5.11 Å². The number of para-hydroxylation sites is 1. The zero-order chi connectivity index (χ0) is 28.5. The molecular weight excluding hydrogens is 596 g/mol. The Morgan fingerprint density at radius 3 is 2.17 bits per heavy atom. The van der Waals surface area contributed by atoms with Gasteiger partial charge >= 0.3 is 0 Å². The van der Waals surface area contributed by atoms with Crippen LogP contribution in [-0.4, -0.2) is 21.8 Å². The molecule has 1 aliphatic heterocycles. The molecule has 2 aromatic heterocycles. The molecule has 8 heteroatoms. The van der Waals surface area contributed by atoms with Gasteiger partial charge in [-0.1, -0.05) is 18.2 Å². The smallest absolute Gasteiger partial charge is 0.174 e. The number of rotatable bonds is 7. The summed E-state index contributed by atoms with van der Waals surface area (Å²) in [5.74, 6) is 2.27. The minimum absolute atomic E-state index is 0.117. The van der Waals surface area contributed by atoms with Crippen molar-refractivity contribution < 1.29 is 9.47 Å². The van der Waals surface area contributed by atoms with Gasteiger partial charge in [-0.15, -0.1) is 0 Å². The van der Waals surface area contributed by atoms with Crippen molar-refractivity contribution in [1.82, 2.24) is 14.9 Å². The molecule has 3 aromatic carbocycles. The van der Waals surface area contributed by atoms with E-state index < -0.39 is 0 Å². The summed E-state index contributed by atoms with van der Waals surface area (Å²) in [5, 5.41) is 4.23. The maximum absolute atomic E-state index is 6.08. The SMILES string of the molecule is COc1ccc(Oc2ccc(N3C(=S)N[C@@H](c4ccccn4)[C@H]3c3cc(C)n(-c4ccccc4Br)c3C)cc2)cc1. The molecule has 1 saturated heterocycles. The summed E-state index contributed by atoms with van der Waals surface area (Å²) >= 11 is 9.71. The van der Waals surface area contributed by atoms with Crippen molar-refractivity contribution >= 4 is 38.9 Å². The third kappa shape index (κ3) is 5.21. The zero-order valence-electron chi connectivity index (χ0n) is 22.9. The van der Waals surface area contributed by atoms with Crippen LogP contribution < -0.4 is 19.7 Å². The van der Waals surface area contributed by atoms with E-state index in [2.05, 4.69) is 74.9 Å². The standard InChI is InChI=1S/C33H29BrN4O2S/c1-21-20-27(22(2)37(21)30-10-5-4-8-28(30)34)32-31(29-9-6-7-19-35-29)36-33(41)38(32)23-11-13-25(14-12-23)40-26-17-15-24(39-3)16-18-26/h4-20,31-32H,1-3H3,(H,36,41)/t31-,32+/m0/s1. The van der Waals surface area contributed by atoms with Gasteiger partial charge in [-0.25, -0.2) is 0 Å². The van der Waals surface area contributed by atoms with Crippen LogP contribution in [0.1, 0.15) is 34.7 Å². The summed E-state index contributed by atoms with van der Waals surface area (Å²) in [6.07, 6.45) is 1.83. The molecule has 6 rings (SSSR count). The fourth-order valence-electron chi connectivity index (χ4n) is 5.49. The molecule has 2 atom stereocenters. The number of anilines is 1. The number of pyridine rings is 1. The molecule has 0 radical (unpaired) electrons. The molecule has 1 aliphatic rings. The molecule has 0 bridgehead atoms. The summed E-state index contributed by atoms with van der Waals surface area (Å²) in [5.41, 5.74) is 6.48. The molecule has 0 spiro atoms. The Kier molecular flexibility index (Phi) is 7.51. The number of methoxy groups -OCH3 is 1. The van der Waals surface area contributed by atoms with Crippen LogP contribution in [0.5, 0.6) is 17.2 Å². The molecule has 1 N–H and O–H groups in total. The Morgan fingerprint density at radius 2 is 1.51 bits per heavy atom. The van der Waals surface area contributed by atoms with Crippen LogP contribution in [0.15, 0.2) is 108 Å². The predicted molar refractivity (Wildman–Crippen MR) is 170 cm³/mol. The van der Waals surface area contributed by atoms with Gasteiger partial charge in [-0.2, -0.15) is 0 Å². The van der Waals surface area contributed by atoms with Gasteiger partial charge < -0.3 is 24.3 Å². The Morgan fingerprint density at radius 1 is 0.854 bits per heavy atom. The minimum atomic E-state index is -0.132. The Labute approximate surface area is 253 Å². The summed E-state index contributed by atoms with van der Waals surface area (Å²) < 4.78 is 14.7. The van der Waals surface area contributed by atoms with Crippen LogP contribution in [0, 0.1) is 13.8 Å². The summed E-state index contributed by atoms with van der Waals surface area (Å²) in [7, 11) is 1.65. The molecular formula is C33H29BrN4O2S. The van der Waals surface area contributed by atoms with E-state index in [0.717, 1.165) is 50.2 Å². The summed E-state index contributed by atoms with van der Waals surface area (Å²) in [6.45, 7) is 4.31. The largest absolute Gasteiger partial charge is 0.497 e. The third-order valence-electron chi connectivity index (χ3n) is 7.39. The Hall–Kier alpha value is -4.14. The molecule has 0 aliphatic carbocycles. The fraction of sp³-hybridized carbons (Fsp3) is 0.152. The van der Waals surface area contributed by atoms with Crippen molar-refractivity contribution in [3.63, 3.8) is 0 Å². The van der Waals surface area contributed by atoms with Gasteiger partial charge in [-0.05, 0) is 126 Å². The number of aromatic nitrogens is 2. The van der Waals surface area contributed by atoms with Crippen LogP contribution in [0.25, 0.3) is 5.69 Å². The van der Waals surface area contributed by atoms with Crippen molar-refractivity contribution in [1.29, 1.82) is 0 Å². The zero-order valence-corrected chi connectivity index (χ0v) is 25.3. The van der Waals surface area contributed by atoms with Crippen LogP contribution in [0.4, 0.5) is 5.69 Å². The van der Waals surface area contributed by atoms with Crippen LogP contribution >= 0.6 is 28.1 Å². The second-order valence-corrected chi connectivity index (χ2v) is 11.1. The number of halogens is 1. The average molecular weight is 626 g/mol. The van der Waals surface area contributed by atoms with E-state index in [4.69, 9.17) is 26.7 Å². The van der Waals surface area contributed by atoms with Gasteiger partial charge in [0.1, 0.15) is 17.2 Å². The molecule has 3 heterocycles. The number of hydrogen-bond donors (Lipinski definition) is 1. The Balaban J connectivity index is 1.39. The van der Waals surface area contributed by atoms with Gasteiger partial charge in [-0.3, -0.25) is 4.98 Å². The molecule has 0 unspecified atom stereocenters. The van der Waals surface area contributed by atoms with E-state index in [1.807, 2.05) is 72.9 Å². The van der Waals surface area contributed by atoms with Crippen molar-refractivity contribution in [2.75, 3.05) is 12.0 Å². The highest BCUT2D eigenvalue weighted by Crippen LogP contribution is 2.44. The second kappa shape index (κ2) is 11.4. The average Bonchev–Trinajstić information content (AvgIpc) is 3.49. The lowest BCUT2D eigenvalue weighted by Gasteiger charge is -2.28. The molecule has 41 heavy (non-hydrogen) atoms. The molecule has 206 valence electrons. The van der Waals surface area contributed by atoms with Crippen molar-refractivity contribution in [3.05, 3.63) is 130 Å². The van der Waals surface area contributed by atoms with E-state index in [1.54, 1.807) is 7.11 Å². The topological polar surface area (TPSA) is 51.6 Å². The number of nitrogens with one attached hydrogen (secondary N) is 1. The summed E-state index contributed by atoms with van der Waals surface area (Å²) in [4.78, 5) is 6.90. The van der Waals surface area contributed by atoms with Crippen molar-refractivity contribution in [3.8, 4) is 22.9 Å². The fourth-order valence-corrected chi connectivity index (χ4v) is 6.30. The molecule has 1 fully saturated rings. The maximum atomic E-state index is 6.08. The van der Waals surface area contributed by atoms with Gasteiger partial charge in [0.05, 0.1) is 30.6 Å². The first kappa shape index (κ1) is 27.1. The first-order valence-corrected chi connectivity index (χ1v) is 14.5. The van der Waals surface area contributed by atoms with E-state index >= 15 is 0 Å². The highest BCUT2D eigenvalue weighted by Gasteiger charge is 2.42. The van der Waals surface area contributed by atoms with Crippen molar-refractivity contribution in [2.24, 2.45) is 0 Å². The van der Waals surface area contributed by atoms with Gasteiger partial charge in [0.25, 0.3) is 0 Å². The Bertz CT molecular complexity index is 1690. The lowest BCUT2D eigenvalue weighted by molar-refractivity contribution is 0.413. The van der Waals surface area contributed by atoms with Crippen molar-refractivity contribution in [2.45, 2.75) is 25.9 Å². The minimum Gasteiger partial charge on any atom is -0.497 e. The first-order chi connectivity index (χ1) is 19.9. The number of thiocarbonyl (C=S) groups is 1. The van der Waals surface area contributed by atoms with Crippen LogP contribution in [-0.2, 0) is 0 Å². The van der Waals surface area contributed by atoms with E-state index in [-0.39, 0.29) is 12.1 Å². The predicted octanol–water partition coefficient (Wildman–Crippen LogP) is 8.23. The third-order valence-corrected chi connectivity index (χ3v) is 8.38. The van der Waals surface area contributed by atoms with E-state index in [1.165, 1.54) is 5.56 Å². The molecule has 0 amide bonds. The highest BCUT2D eigenvalue weighted by molar-refractivity contribution is 9.10.